The zero-order valence-corrected chi connectivity index (χ0v) is 20.1. The van der Waals surface area contributed by atoms with E-state index in [0.717, 1.165) is 35.3 Å². The Morgan fingerprint density at radius 1 is 1.15 bits per heavy atom. The number of anilines is 1. The predicted octanol–water partition coefficient (Wildman–Crippen LogP) is 4.05. The standard InChI is InChI=1S/C24H22ClN5O3.ClH/c1-13-8-19-18(10-17(13)24(32)29-5-2-15-9-16(25)11-26-21(15)29)28-23(31)20-12-27-22(30(19)20)14-3-6-33-7-4-14;/h8-12,14H,2-7H2,1H3,(H,28,31);1H. The van der Waals surface area contributed by atoms with E-state index in [4.69, 9.17) is 16.3 Å². The molecule has 1 saturated heterocycles. The number of fused-ring (bicyclic) bond motifs is 4. The highest BCUT2D eigenvalue weighted by Crippen LogP contribution is 2.32. The van der Waals surface area contributed by atoms with Crippen molar-refractivity contribution in [3.05, 3.63) is 68.5 Å². The molecule has 0 unspecified atom stereocenters. The molecule has 5 heterocycles. The quantitative estimate of drug-likeness (QED) is 0.449. The Hall–Kier alpha value is -2.94. The first-order chi connectivity index (χ1) is 16.0. The van der Waals surface area contributed by atoms with Crippen molar-refractivity contribution in [2.75, 3.05) is 24.7 Å². The number of aromatic amines is 1. The fraction of sp³-hybridized carbons (Fsp3) is 0.333. The number of H-pyrrole nitrogens is 1. The molecular weight excluding hydrogens is 477 g/mol. The van der Waals surface area contributed by atoms with Gasteiger partial charge in [-0.2, -0.15) is 0 Å². The first kappa shape index (κ1) is 22.8. The molecule has 4 aromatic rings. The number of pyridine rings is 1. The maximum Gasteiger partial charge on any atom is 0.274 e. The summed E-state index contributed by atoms with van der Waals surface area (Å²) in [4.78, 5) is 40.0. The SMILES string of the molecule is Cc1cc2c(cc1C(=O)N1CCc3cc(Cl)cnc31)[nH]c(=O)c1cnc(C3CCOCC3)n12.Cl. The Labute approximate surface area is 206 Å². The van der Waals surface area contributed by atoms with Crippen molar-refractivity contribution in [3.8, 4) is 0 Å². The van der Waals surface area contributed by atoms with Gasteiger partial charge in [-0.15, -0.1) is 12.4 Å². The van der Waals surface area contributed by atoms with Crippen LogP contribution in [0.5, 0.6) is 0 Å². The molecule has 0 atom stereocenters. The van der Waals surface area contributed by atoms with Crippen LogP contribution in [0.2, 0.25) is 5.02 Å². The molecule has 1 N–H and O–H groups in total. The first-order valence-corrected chi connectivity index (χ1v) is 11.5. The molecule has 34 heavy (non-hydrogen) atoms. The summed E-state index contributed by atoms with van der Waals surface area (Å²) < 4.78 is 7.45. The highest BCUT2D eigenvalue weighted by molar-refractivity contribution is 6.30. The number of benzene rings is 1. The molecule has 176 valence electrons. The summed E-state index contributed by atoms with van der Waals surface area (Å²) in [6, 6.07) is 5.59. The number of amides is 1. The Morgan fingerprint density at radius 2 is 1.94 bits per heavy atom. The Morgan fingerprint density at radius 3 is 2.74 bits per heavy atom. The highest BCUT2D eigenvalue weighted by Gasteiger charge is 2.29. The van der Waals surface area contributed by atoms with Gasteiger partial charge < -0.3 is 9.72 Å². The molecule has 8 nitrogen and oxygen atoms in total. The number of aryl methyl sites for hydroxylation is 1. The number of rotatable bonds is 2. The maximum absolute atomic E-state index is 13.5. The van der Waals surface area contributed by atoms with Gasteiger partial charge in [-0.25, -0.2) is 9.97 Å². The van der Waals surface area contributed by atoms with Crippen LogP contribution in [0.4, 0.5) is 5.82 Å². The van der Waals surface area contributed by atoms with Gasteiger partial charge in [0.25, 0.3) is 11.5 Å². The summed E-state index contributed by atoms with van der Waals surface area (Å²) in [5.74, 6) is 1.60. The van der Waals surface area contributed by atoms with Gasteiger partial charge >= 0.3 is 0 Å². The van der Waals surface area contributed by atoms with E-state index in [1.165, 1.54) is 0 Å². The summed E-state index contributed by atoms with van der Waals surface area (Å²) >= 11 is 6.07. The molecule has 0 aliphatic carbocycles. The van der Waals surface area contributed by atoms with Crippen LogP contribution >= 0.6 is 24.0 Å². The van der Waals surface area contributed by atoms with Crippen molar-refractivity contribution in [3.63, 3.8) is 0 Å². The summed E-state index contributed by atoms with van der Waals surface area (Å²) in [6.07, 6.45) is 5.64. The number of ether oxygens (including phenoxy) is 1. The lowest BCUT2D eigenvalue weighted by molar-refractivity contribution is 0.0835. The zero-order valence-electron chi connectivity index (χ0n) is 18.5. The molecule has 2 aliphatic heterocycles. The normalized spacial score (nSPS) is 16.1. The first-order valence-electron chi connectivity index (χ1n) is 11.1. The lowest BCUT2D eigenvalue weighted by Crippen LogP contribution is -2.30. The van der Waals surface area contributed by atoms with E-state index in [-0.39, 0.29) is 29.8 Å². The van der Waals surface area contributed by atoms with Gasteiger partial charge in [0, 0.05) is 37.4 Å². The fourth-order valence-electron chi connectivity index (χ4n) is 5.00. The van der Waals surface area contributed by atoms with Crippen LogP contribution in [0.1, 0.15) is 46.1 Å². The van der Waals surface area contributed by atoms with Crippen LogP contribution in [0, 0.1) is 6.92 Å². The third kappa shape index (κ3) is 3.57. The second kappa shape index (κ2) is 8.69. The molecule has 6 rings (SSSR count). The third-order valence-electron chi connectivity index (χ3n) is 6.69. The molecule has 0 radical (unpaired) electrons. The van der Waals surface area contributed by atoms with Gasteiger partial charge in [0.15, 0.2) is 0 Å². The Kier molecular flexibility index (Phi) is 5.83. The van der Waals surface area contributed by atoms with Crippen molar-refractivity contribution >= 4 is 52.3 Å². The van der Waals surface area contributed by atoms with E-state index < -0.39 is 0 Å². The van der Waals surface area contributed by atoms with E-state index >= 15 is 0 Å². The minimum atomic E-state index is -0.224. The third-order valence-corrected chi connectivity index (χ3v) is 6.89. The van der Waals surface area contributed by atoms with Gasteiger partial charge in [0.1, 0.15) is 17.2 Å². The fourth-order valence-corrected chi connectivity index (χ4v) is 5.18. The number of hydrogen-bond acceptors (Lipinski definition) is 5. The number of carbonyl (C=O) groups is 1. The minimum absolute atomic E-state index is 0. The van der Waals surface area contributed by atoms with Crippen LogP contribution < -0.4 is 10.5 Å². The number of nitrogens with zero attached hydrogens (tertiary/aromatic N) is 4. The van der Waals surface area contributed by atoms with E-state index in [2.05, 4.69) is 15.0 Å². The maximum atomic E-state index is 13.5. The summed E-state index contributed by atoms with van der Waals surface area (Å²) in [5, 5.41) is 0.562. The number of hydrogen-bond donors (Lipinski definition) is 1. The second-order valence-electron chi connectivity index (χ2n) is 8.71. The smallest absolute Gasteiger partial charge is 0.274 e. The van der Waals surface area contributed by atoms with Crippen LogP contribution in [0.25, 0.3) is 16.6 Å². The van der Waals surface area contributed by atoms with E-state index in [0.29, 0.717) is 53.6 Å². The Bertz CT molecular complexity index is 1490. The van der Waals surface area contributed by atoms with E-state index in [1.807, 2.05) is 23.5 Å². The summed E-state index contributed by atoms with van der Waals surface area (Å²) in [7, 11) is 0. The van der Waals surface area contributed by atoms with E-state index in [1.54, 1.807) is 23.4 Å². The molecule has 2 aliphatic rings. The molecule has 0 bridgehead atoms. The van der Waals surface area contributed by atoms with Crippen LogP contribution in [-0.4, -0.2) is 45.0 Å². The molecule has 1 amide bonds. The van der Waals surface area contributed by atoms with Gasteiger partial charge in [-0.3, -0.25) is 18.9 Å². The molecule has 0 spiro atoms. The molecule has 3 aromatic heterocycles. The van der Waals surface area contributed by atoms with Crippen LogP contribution in [0.3, 0.4) is 0 Å². The van der Waals surface area contributed by atoms with Crippen molar-refractivity contribution in [2.24, 2.45) is 0 Å². The average molecular weight is 500 g/mol. The second-order valence-corrected chi connectivity index (χ2v) is 9.14. The monoisotopic (exact) mass is 499 g/mol. The van der Waals surface area contributed by atoms with Crippen molar-refractivity contribution in [1.82, 2.24) is 19.4 Å². The van der Waals surface area contributed by atoms with E-state index in [9.17, 15) is 9.59 Å². The minimum Gasteiger partial charge on any atom is -0.381 e. The number of imidazole rings is 1. The topological polar surface area (TPSA) is 92.6 Å². The van der Waals surface area contributed by atoms with Gasteiger partial charge in [-0.1, -0.05) is 11.6 Å². The summed E-state index contributed by atoms with van der Waals surface area (Å²) in [6.45, 7) is 3.84. The highest BCUT2D eigenvalue weighted by atomic mass is 35.5. The zero-order chi connectivity index (χ0) is 22.7. The number of aromatic nitrogens is 4. The molecular formula is C24H23Cl2N5O3. The molecule has 0 saturated carbocycles. The number of halogens is 2. The van der Waals surface area contributed by atoms with Crippen LogP contribution in [-0.2, 0) is 11.2 Å². The van der Waals surface area contributed by atoms with Crippen molar-refractivity contribution in [2.45, 2.75) is 32.1 Å². The lowest BCUT2D eigenvalue weighted by atomic mass is 9.99. The average Bonchev–Trinajstić information content (AvgIpc) is 3.44. The van der Waals surface area contributed by atoms with Gasteiger partial charge in [0.2, 0.25) is 0 Å². The molecule has 1 aromatic carbocycles. The van der Waals surface area contributed by atoms with Gasteiger partial charge in [-0.05, 0) is 55.5 Å². The van der Waals surface area contributed by atoms with Crippen molar-refractivity contribution < 1.29 is 9.53 Å². The predicted molar refractivity (Wildman–Crippen MR) is 133 cm³/mol. The number of carbonyl (C=O) groups excluding carboxylic acids is 1. The van der Waals surface area contributed by atoms with Crippen molar-refractivity contribution in [1.29, 1.82) is 0 Å². The summed E-state index contributed by atoms with van der Waals surface area (Å²) in [5.41, 5.74) is 4.06. The van der Waals surface area contributed by atoms with Gasteiger partial charge in [0.05, 0.1) is 22.3 Å². The lowest BCUT2D eigenvalue weighted by Gasteiger charge is -2.22. The molecule has 1 fully saturated rings. The largest absolute Gasteiger partial charge is 0.381 e. The Balaban J connectivity index is 0.00000241. The number of nitrogens with one attached hydrogen (secondary N) is 1. The van der Waals surface area contributed by atoms with Crippen LogP contribution in [0.15, 0.2) is 35.4 Å². The molecule has 10 heteroatoms.